The highest BCUT2D eigenvalue weighted by molar-refractivity contribution is 7.93. The summed E-state index contributed by atoms with van der Waals surface area (Å²) in [6, 6.07) is 12.9. The predicted octanol–water partition coefficient (Wildman–Crippen LogP) is 2.75. The van der Waals surface area contributed by atoms with Crippen LogP contribution >= 0.6 is 0 Å². The maximum absolute atomic E-state index is 13.0. The number of rotatable bonds is 7. The Kier molecular flexibility index (Phi) is 5.46. The summed E-state index contributed by atoms with van der Waals surface area (Å²) < 4.78 is 32.4. The number of ether oxygens (including phenoxy) is 1. The molecule has 0 spiro atoms. The summed E-state index contributed by atoms with van der Waals surface area (Å²) in [5.74, 6) is -0.937. The van der Waals surface area contributed by atoms with Gasteiger partial charge in [0.25, 0.3) is 10.0 Å². The Morgan fingerprint density at radius 2 is 1.71 bits per heavy atom. The lowest BCUT2D eigenvalue weighted by molar-refractivity contribution is -0.137. The van der Waals surface area contributed by atoms with Gasteiger partial charge in [0.1, 0.15) is 11.8 Å². The molecule has 1 unspecified atom stereocenters. The monoisotopic (exact) mass is 349 g/mol. The second-order valence-electron chi connectivity index (χ2n) is 5.03. The van der Waals surface area contributed by atoms with E-state index in [0.29, 0.717) is 12.4 Å². The van der Waals surface area contributed by atoms with Gasteiger partial charge in [0, 0.05) is 0 Å². The van der Waals surface area contributed by atoms with Crippen molar-refractivity contribution in [3.05, 3.63) is 54.6 Å². The first kappa shape index (κ1) is 17.8. The molecule has 1 atom stereocenters. The third kappa shape index (κ3) is 3.51. The molecule has 0 aromatic heterocycles. The molecule has 1 N–H and O–H groups in total. The van der Waals surface area contributed by atoms with Crippen LogP contribution in [0.1, 0.15) is 13.8 Å². The first-order chi connectivity index (χ1) is 11.4. The zero-order valence-corrected chi connectivity index (χ0v) is 14.2. The number of anilines is 1. The van der Waals surface area contributed by atoms with E-state index < -0.39 is 22.0 Å². The molecule has 2 rings (SSSR count). The predicted molar refractivity (Wildman–Crippen MR) is 90.8 cm³/mol. The average molecular weight is 349 g/mol. The van der Waals surface area contributed by atoms with Crippen molar-refractivity contribution in [3.8, 4) is 5.75 Å². The van der Waals surface area contributed by atoms with Gasteiger partial charge in [-0.25, -0.2) is 17.5 Å². The molecule has 0 aliphatic rings. The van der Waals surface area contributed by atoms with E-state index in [9.17, 15) is 18.3 Å². The Morgan fingerprint density at radius 1 is 1.12 bits per heavy atom. The van der Waals surface area contributed by atoms with Crippen LogP contribution in [0.25, 0.3) is 0 Å². The van der Waals surface area contributed by atoms with Crippen LogP contribution in [0.3, 0.4) is 0 Å². The second kappa shape index (κ2) is 7.35. The van der Waals surface area contributed by atoms with Crippen molar-refractivity contribution in [2.75, 3.05) is 10.9 Å². The zero-order chi connectivity index (χ0) is 17.7. The van der Waals surface area contributed by atoms with E-state index in [0.717, 1.165) is 4.31 Å². The van der Waals surface area contributed by atoms with E-state index in [4.69, 9.17) is 4.74 Å². The van der Waals surface area contributed by atoms with Crippen LogP contribution in [0.4, 0.5) is 5.69 Å². The molecule has 0 fully saturated rings. The van der Waals surface area contributed by atoms with E-state index in [2.05, 4.69) is 0 Å². The van der Waals surface area contributed by atoms with Crippen LogP contribution < -0.4 is 9.04 Å². The highest BCUT2D eigenvalue weighted by Crippen LogP contribution is 2.34. The molecular formula is C17H19NO5S. The molecule has 0 saturated carbocycles. The fourth-order valence-electron chi connectivity index (χ4n) is 2.27. The zero-order valence-electron chi connectivity index (χ0n) is 13.4. The fraction of sp³-hybridized carbons (Fsp3) is 0.235. The Balaban J connectivity index is 2.65. The van der Waals surface area contributed by atoms with Crippen LogP contribution in [0.2, 0.25) is 0 Å². The lowest BCUT2D eigenvalue weighted by Gasteiger charge is -2.29. The minimum Gasteiger partial charge on any atom is -0.492 e. The molecule has 0 radical (unpaired) electrons. The summed E-state index contributed by atoms with van der Waals surface area (Å²) in [4.78, 5) is 11.5. The van der Waals surface area contributed by atoms with Gasteiger partial charge < -0.3 is 9.84 Å². The number of nitrogens with zero attached hydrogens (tertiary/aromatic N) is 1. The van der Waals surface area contributed by atoms with Crippen molar-refractivity contribution in [2.45, 2.75) is 24.8 Å². The van der Waals surface area contributed by atoms with Gasteiger partial charge in [-0.15, -0.1) is 0 Å². The third-order valence-corrected chi connectivity index (χ3v) is 5.31. The SMILES string of the molecule is CCOc1ccccc1N(C(C)C(=O)O)S(=O)(=O)c1ccccc1. The highest BCUT2D eigenvalue weighted by Gasteiger charge is 2.34. The number of para-hydroxylation sites is 2. The first-order valence-electron chi connectivity index (χ1n) is 7.43. The molecule has 0 aliphatic heterocycles. The van der Waals surface area contributed by atoms with Gasteiger partial charge in [-0.05, 0) is 38.1 Å². The topological polar surface area (TPSA) is 83.9 Å². The van der Waals surface area contributed by atoms with Crippen molar-refractivity contribution in [3.63, 3.8) is 0 Å². The van der Waals surface area contributed by atoms with Crippen LogP contribution in [0.15, 0.2) is 59.5 Å². The molecule has 24 heavy (non-hydrogen) atoms. The fourth-order valence-corrected chi connectivity index (χ4v) is 3.91. The molecule has 2 aromatic carbocycles. The Morgan fingerprint density at radius 3 is 2.29 bits per heavy atom. The van der Waals surface area contributed by atoms with Gasteiger partial charge in [-0.1, -0.05) is 30.3 Å². The Hall–Kier alpha value is -2.54. The summed E-state index contributed by atoms with van der Waals surface area (Å²) in [5.41, 5.74) is 0.193. The maximum Gasteiger partial charge on any atom is 0.327 e. The molecule has 0 saturated heterocycles. The number of carboxylic acid groups (broad SMARTS) is 1. The van der Waals surface area contributed by atoms with Crippen LogP contribution in [0.5, 0.6) is 5.75 Å². The summed E-state index contributed by atoms with van der Waals surface area (Å²) >= 11 is 0. The van der Waals surface area contributed by atoms with E-state index in [1.54, 1.807) is 43.3 Å². The van der Waals surface area contributed by atoms with E-state index >= 15 is 0 Å². The Bertz CT molecular complexity index is 805. The van der Waals surface area contributed by atoms with Gasteiger partial charge >= 0.3 is 5.97 Å². The van der Waals surface area contributed by atoms with Gasteiger partial charge in [0.2, 0.25) is 0 Å². The Labute approximate surface area is 141 Å². The van der Waals surface area contributed by atoms with Gasteiger partial charge in [-0.3, -0.25) is 0 Å². The number of hydrogen-bond donors (Lipinski definition) is 1. The van der Waals surface area contributed by atoms with Gasteiger partial charge in [0.05, 0.1) is 17.2 Å². The third-order valence-electron chi connectivity index (χ3n) is 3.41. The number of benzene rings is 2. The number of sulfonamides is 1. The molecule has 0 amide bonds. The van der Waals surface area contributed by atoms with Crippen molar-refractivity contribution >= 4 is 21.7 Å². The van der Waals surface area contributed by atoms with Gasteiger partial charge in [-0.2, -0.15) is 0 Å². The molecule has 0 aliphatic carbocycles. The summed E-state index contributed by atoms with van der Waals surface area (Å²) in [6.45, 7) is 3.43. The van der Waals surface area contributed by atoms with Crippen molar-refractivity contribution in [1.29, 1.82) is 0 Å². The first-order valence-corrected chi connectivity index (χ1v) is 8.87. The van der Waals surface area contributed by atoms with Gasteiger partial charge in [0.15, 0.2) is 0 Å². The van der Waals surface area contributed by atoms with Crippen LogP contribution in [0, 0.1) is 0 Å². The number of carboxylic acids is 1. The maximum atomic E-state index is 13.0. The molecule has 0 heterocycles. The molecule has 6 nitrogen and oxygen atoms in total. The molecule has 0 bridgehead atoms. The molecule has 128 valence electrons. The summed E-state index contributed by atoms with van der Waals surface area (Å²) in [7, 11) is -4.07. The van der Waals surface area contributed by atoms with E-state index in [1.807, 2.05) is 0 Å². The minimum atomic E-state index is -4.07. The normalized spacial score (nSPS) is 12.4. The molecule has 2 aromatic rings. The highest BCUT2D eigenvalue weighted by atomic mass is 32.2. The van der Waals surface area contributed by atoms with Crippen LogP contribution in [-0.2, 0) is 14.8 Å². The van der Waals surface area contributed by atoms with Crippen molar-refractivity contribution in [2.24, 2.45) is 0 Å². The standard InChI is InChI=1S/C17H19NO5S/c1-3-23-16-12-8-7-11-15(16)18(13(2)17(19)20)24(21,22)14-9-5-4-6-10-14/h4-13H,3H2,1-2H3,(H,19,20). The lowest BCUT2D eigenvalue weighted by Crippen LogP contribution is -2.43. The number of aliphatic carboxylic acids is 1. The van der Waals surface area contributed by atoms with E-state index in [-0.39, 0.29) is 10.6 Å². The largest absolute Gasteiger partial charge is 0.492 e. The van der Waals surface area contributed by atoms with Crippen molar-refractivity contribution < 1.29 is 23.1 Å². The van der Waals surface area contributed by atoms with E-state index in [1.165, 1.54) is 25.1 Å². The number of carbonyl (C=O) groups is 1. The second-order valence-corrected chi connectivity index (χ2v) is 6.84. The quantitative estimate of drug-likeness (QED) is 0.831. The smallest absolute Gasteiger partial charge is 0.327 e. The number of hydrogen-bond acceptors (Lipinski definition) is 4. The van der Waals surface area contributed by atoms with Crippen LogP contribution in [-0.4, -0.2) is 32.1 Å². The lowest BCUT2D eigenvalue weighted by atomic mass is 10.2. The van der Waals surface area contributed by atoms with Crippen molar-refractivity contribution in [1.82, 2.24) is 0 Å². The minimum absolute atomic E-state index is 0.0180. The molecular weight excluding hydrogens is 330 g/mol. The molecule has 7 heteroatoms. The summed E-state index contributed by atoms with van der Waals surface area (Å²) in [6.07, 6.45) is 0. The summed E-state index contributed by atoms with van der Waals surface area (Å²) in [5, 5.41) is 9.40. The average Bonchev–Trinajstić information content (AvgIpc) is 2.57.